The Hall–Kier alpha value is -4.05. The van der Waals surface area contributed by atoms with Gasteiger partial charge in [0, 0.05) is 23.0 Å². The number of primary amides is 1. The molecule has 0 bridgehead atoms. The van der Waals surface area contributed by atoms with Crippen molar-refractivity contribution >= 4 is 39.1 Å². The molecule has 0 radical (unpaired) electrons. The first kappa shape index (κ1) is 24.1. The minimum atomic E-state index is -3.91. The third-order valence-corrected chi connectivity index (χ3v) is 6.42. The fraction of sp³-hybridized carbons (Fsp3) is 0. The van der Waals surface area contributed by atoms with E-state index in [1.165, 1.54) is 36.7 Å². The third kappa shape index (κ3) is 5.38. The Morgan fingerprint density at radius 2 is 1.54 bits per heavy atom. The van der Waals surface area contributed by atoms with Gasteiger partial charge in [0.15, 0.2) is 0 Å². The quantitative estimate of drug-likeness (QED) is 0.361. The Labute approximate surface area is 206 Å². The Bertz CT molecular complexity index is 1520. The number of amides is 2. The fourth-order valence-corrected chi connectivity index (χ4v) is 4.16. The van der Waals surface area contributed by atoms with E-state index in [0.29, 0.717) is 21.7 Å². The first-order chi connectivity index (χ1) is 16.6. The predicted molar refractivity (Wildman–Crippen MR) is 134 cm³/mol. The molecular formula is C25H19ClN4O4S. The molecule has 8 nitrogen and oxygen atoms in total. The standard InChI is InChI=1S/C25H19ClN4O4S/c26-19-7-3-15(4-8-19)18-12-21(16-5-9-20(10-6-16)35(28,33)34)23(22(13-18)24(27)31)30-25(32)17-2-1-11-29-14-17/h1-14H,(H2,27,31)(H,30,32)(H2,28,33,34). The highest BCUT2D eigenvalue weighted by molar-refractivity contribution is 7.89. The maximum Gasteiger partial charge on any atom is 0.257 e. The molecule has 3 aromatic carbocycles. The van der Waals surface area contributed by atoms with Crippen LogP contribution in [-0.2, 0) is 10.0 Å². The molecule has 4 rings (SSSR count). The highest BCUT2D eigenvalue weighted by Gasteiger charge is 2.20. The van der Waals surface area contributed by atoms with Gasteiger partial charge in [0.05, 0.1) is 21.7 Å². The molecule has 35 heavy (non-hydrogen) atoms. The van der Waals surface area contributed by atoms with Gasteiger partial charge < -0.3 is 11.1 Å². The Morgan fingerprint density at radius 3 is 2.11 bits per heavy atom. The van der Waals surface area contributed by atoms with Crippen LogP contribution in [0.15, 0.2) is 90.1 Å². The van der Waals surface area contributed by atoms with Crippen molar-refractivity contribution in [3.05, 3.63) is 101 Å². The van der Waals surface area contributed by atoms with Crippen LogP contribution in [0, 0.1) is 0 Å². The van der Waals surface area contributed by atoms with E-state index < -0.39 is 21.8 Å². The summed E-state index contributed by atoms with van der Waals surface area (Å²) >= 11 is 6.01. The zero-order valence-electron chi connectivity index (χ0n) is 18.1. The second-order valence-electron chi connectivity index (χ2n) is 7.58. The number of anilines is 1. The molecule has 0 spiro atoms. The van der Waals surface area contributed by atoms with Gasteiger partial charge in [-0.2, -0.15) is 0 Å². The lowest BCUT2D eigenvalue weighted by atomic mass is 9.93. The summed E-state index contributed by atoms with van der Waals surface area (Å²) in [5.41, 5.74) is 8.60. The molecule has 0 aliphatic heterocycles. The molecule has 4 aromatic rings. The normalized spacial score (nSPS) is 11.1. The third-order valence-electron chi connectivity index (χ3n) is 5.24. The van der Waals surface area contributed by atoms with E-state index in [2.05, 4.69) is 10.3 Å². The summed E-state index contributed by atoms with van der Waals surface area (Å²) in [6, 6.07) is 19.3. The van der Waals surface area contributed by atoms with Crippen molar-refractivity contribution in [3.8, 4) is 22.3 Å². The molecule has 0 atom stereocenters. The Balaban J connectivity index is 1.92. The molecule has 2 amide bonds. The van der Waals surface area contributed by atoms with Crippen molar-refractivity contribution in [3.63, 3.8) is 0 Å². The molecule has 1 aromatic heterocycles. The number of hydrogen-bond donors (Lipinski definition) is 3. The Morgan fingerprint density at radius 1 is 0.886 bits per heavy atom. The second kappa shape index (κ2) is 9.67. The summed E-state index contributed by atoms with van der Waals surface area (Å²) in [4.78, 5) is 29.3. The highest BCUT2D eigenvalue weighted by Crippen LogP contribution is 2.37. The second-order valence-corrected chi connectivity index (χ2v) is 9.58. The molecule has 1 heterocycles. The zero-order valence-corrected chi connectivity index (χ0v) is 19.7. The van der Waals surface area contributed by atoms with Gasteiger partial charge in [-0.1, -0.05) is 35.9 Å². The van der Waals surface area contributed by atoms with Crippen molar-refractivity contribution in [2.45, 2.75) is 4.90 Å². The van der Waals surface area contributed by atoms with Gasteiger partial charge in [0.1, 0.15) is 0 Å². The van der Waals surface area contributed by atoms with E-state index in [1.54, 1.807) is 48.5 Å². The van der Waals surface area contributed by atoms with E-state index in [-0.39, 0.29) is 21.7 Å². The molecule has 0 saturated carbocycles. The lowest BCUT2D eigenvalue weighted by Gasteiger charge is -2.18. The van der Waals surface area contributed by atoms with E-state index in [4.69, 9.17) is 22.5 Å². The molecule has 10 heteroatoms. The minimum Gasteiger partial charge on any atom is -0.366 e. The first-order valence-corrected chi connectivity index (χ1v) is 12.1. The van der Waals surface area contributed by atoms with Gasteiger partial charge in [0.2, 0.25) is 10.0 Å². The minimum absolute atomic E-state index is 0.0696. The number of aromatic nitrogens is 1. The number of rotatable bonds is 6. The zero-order chi connectivity index (χ0) is 25.2. The number of nitrogens with zero attached hydrogens (tertiary/aromatic N) is 1. The van der Waals surface area contributed by atoms with Crippen molar-refractivity contribution in [2.75, 3.05) is 5.32 Å². The largest absolute Gasteiger partial charge is 0.366 e. The monoisotopic (exact) mass is 506 g/mol. The van der Waals surface area contributed by atoms with Crippen LogP contribution in [0.4, 0.5) is 5.69 Å². The molecule has 176 valence electrons. The lowest BCUT2D eigenvalue weighted by molar-refractivity contribution is 0.100. The summed E-state index contributed by atoms with van der Waals surface area (Å²) < 4.78 is 23.4. The van der Waals surface area contributed by atoms with Gasteiger partial charge >= 0.3 is 0 Å². The van der Waals surface area contributed by atoms with Gasteiger partial charge in [-0.3, -0.25) is 14.6 Å². The Kier molecular flexibility index (Phi) is 6.65. The molecule has 0 unspecified atom stereocenters. The highest BCUT2D eigenvalue weighted by atomic mass is 35.5. The number of carbonyl (C=O) groups excluding carboxylic acids is 2. The summed E-state index contributed by atoms with van der Waals surface area (Å²) in [7, 11) is -3.91. The molecule has 0 aliphatic carbocycles. The predicted octanol–water partition coefficient (Wildman–Crippen LogP) is 4.07. The lowest BCUT2D eigenvalue weighted by Crippen LogP contribution is -2.19. The number of nitrogens with one attached hydrogen (secondary N) is 1. The average molecular weight is 507 g/mol. The number of halogens is 1. The van der Waals surface area contributed by atoms with Crippen molar-refractivity contribution in [2.24, 2.45) is 10.9 Å². The van der Waals surface area contributed by atoms with E-state index in [0.717, 1.165) is 5.56 Å². The van der Waals surface area contributed by atoms with Crippen molar-refractivity contribution < 1.29 is 18.0 Å². The van der Waals surface area contributed by atoms with Gasteiger partial charge in [-0.25, -0.2) is 13.6 Å². The summed E-state index contributed by atoms with van der Waals surface area (Å²) in [5.74, 6) is -1.26. The van der Waals surface area contributed by atoms with Gasteiger partial charge in [-0.05, 0) is 65.2 Å². The number of carbonyl (C=O) groups is 2. The number of primary sulfonamides is 1. The SMILES string of the molecule is NC(=O)c1cc(-c2ccc(Cl)cc2)cc(-c2ccc(S(N)(=O)=O)cc2)c1NC(=O)c1cccnc1. The van der Waals surface area contributed by atoms with Crippen LogP contribution in [0.3, 0.4) is 0 Å². The molecule has 0 aliphatic rings. The number of nitrogens with two attached hydrogens (primary N) is 2. The maximum absolute atomic E-state index is 12.9. The summed E-state index contributed by atoms with van der Waals surface area (Å²) in [5, 5.41) is 8.53. The van der Waals surface area contributed by atoms with Crippen LogP contribution in [0.5, 0.6) is 0 Å². The maximum atomic E-state index is 12.9. The number of pyridine rings is 1. The van der Waals surface area contributed by atoms with Gasteiger partial charge in [-0.15, -0.1) is 0 Å². The van der Waals surface area contributed by atoms with Crippen LogP contribution in [0.1, 0.15) is 20.7 Å². The molecule has 0 fully saturated rings. The number of sulfonamides is 1. The average Bonchev–Trinajstić information content (AvgIpc) is 2.84. The van der Waals surface area contributed by atoms with E-state index >= 15 is 0 Å². The van der Waals surface area contributed by atoms with Crippen molar-refractivity contribution in [1.82, 2.24) is 4.98 Å². The van der Waals surface area contributed by atoms with Crippen LogP contribution < -0.4 is 16.2 Å². The topological polar surface area (TPSA) is 145 Å². The van der Waals surface area contributed by atoms with Crippen LogP contribution in [-0.4, -0.2) is 25.2 Å². The van der Waals surface area contributed by atoms with E-state index in [1.807, 2.05) is 0 Å². The fourth-order valence-electron chi connectivity index (χ4n) is 3.51. The van der Waals surface area contributed by atoms with Crippen LogP contribution >= 0.6 is 11.6 Å². The number of hydrogen-bond acceptors (Lipinski definition) is 5. The number of benzene rings is 3. The first-order valence-electron chi connectivity index (χ1n) is 10.2. The summed E-state index contributed by atoms with van der Waals surface area (Å²) in [6.45, 7) is 0. The molecule has 0 saturated heterocycles. The molecule has 5 N–H and O–H groups in total. The summed E-state index contributed by atoms with van der Waals surface area (Å²) in [6.07, 6.45) is 2.92. The van der Waals surface area contributed by atoms with Crippen molar-refractivity contribution in [1.29, 1.82) is 0 Å². The molecular weight excluding hydrogens is 488 g/mol. The van der Waals surface area contributed by atoms with Crippen LogP contribution in [0.25, 0.3) is 22.3 Å². The van der Waals surface area contributed by atoms with Gasteiger partial charge in [0.25, 0.3) is 11.8 Å². The van der Waals surface area contributed by atoms with Crippen LogP contribution in [0.2, 0.25) is 5.02 Å². The smallest absolute Gasteiger partial charge is 0.257 e. The van der Waals surface area contributed by atoms with E-state index in [9.17, 15) is 18.0 Å².